The summed E-state index contributed by atoms with van der Waals surface area (Å²) in [5, 5.41) is 0.688. The third-order valence-electron chi connectivity index (χ3n) is 3.74. The van der Waals surface area contributed by atoms with E-state index in [2.05, 4.69) is 0 Å². The van der Waals surface area contributed by atoms with E-state index in [-0.39, 0.29) is 11.7 Å². The first kappa shape index (κ1) is 13.0. The fourth-order valence-electron chi connectivity index (χ4n) is 2.72. The third kappa shape index (κ3) is 2.04. The number of rotatable bonds is 2. The van der Waals surface area contributed by atoms with Crippen molar-refractivity contribution >= 4 is 23.1 Å². The Balaban J connectivity index is 2.09. The number of benzene rings is 2. The molecule has 102 valence electrons. The van der Waals surface area contributed by atoms with Crippen molar-refractivity contribution in [3.05, 3.63) is 58.1 Å². The molecular weight excluding hydrogens is 274 g/mol. The van der Waals surface area contributed by atoms with Crippen molar-refractivity contribution in [1.82, 2.24) is 0 Å². The molecule has 0 saturated heterocycles. The van der Waals surface area contributed by atoms with Crippen molar-refractivity contribution in [2.45, 2.75) is 12.3 Å². The maximum atomic E-state index is 12.2. The third-order valence-corrected chi connectivity index (χ3v) is 3.99. The molecule has 1 aliphatic carbocycles. The number of Topliss-reactive ketones (excluding diaryl/α,β-unsaturated/α-hetero) is 1. The van der Waals surface area contributed by atoms with Crippen LogP contribution in [0.5, 0.6) is 5.75 Å². The minimum absolute atomic E-state index is 0.0444. The molecule has 2 N–H and O–H groups in total. The second-order valence-electron chi connectivity index (χ2n) is 4.91. The van der Waals surface area contributed by atoms with Gasteiger partial charge in [-0.1, -0.05) is 23.7 Å². The minimum atomic E-state index is 0.0444. The zero-order valence-electron chi connectivity index (χ0n) is 11.0. The number of ether oxygens (including phenoxy) is 1. The van der Waals surface area contributed by atoms with Gasteiger partial charge in [0, 0.05) is 22.9 Å². The van der Waals surface area contributed by atoms with Gasteiger partial charge in [-0.3, -0.25) is 4.79 Å². The van der Waals surface area contributed by atoms with Crippen molar-refractivity contribution in [3.8, 4) is 5.75 Å². The number of anilines is 1. The largest absolute Gasteiger partial charge is 0.495 e. The fourth-order valence-corrected chi connectivity index (χ4v) is 2.84. The normalized spacial score (nSPS) is 17.1. The molecule has 0 radical (unpaired) electrons. The fraction of sp³-hybridized carbons (Fsp3) is 0.188. The zero-order chi connectivity index (χ0) is 14.3. The van der Waals surface area contributed by atoms with Gasteiger partial charge in [0.1, 0.15) is 5.75 Å². The molecule has 0 aliphatic heterocycles. The summed E-state index contributed by atoms with van der Waals surface area (Å²) in [6, 6.07) is 11.2. The quantitative estimate of drug-likeness (QED) is 0.858. The van der Waals surface area contributed by atoms with Crippen LogP contribution in [0.1, 0.15) is 33.8 Å². The van der Waals surface area contributed by atoms with Crippen LogP contribution in [-0.2, 0) is 0 Å². The monoisotopic (exact) mass is 287 g/mol. The molecule has 2 aromatic carbocycles. The highest BCUT2D eigenvalue weighted by Crippen LogP contribution is 2.41. The van der Waals surface area contributed by atoms with Gasteiger partial charge in [0.15, 0.2) is 5.78 Å². The molecule has 0 bridgehead atoms. The van der Waals surface area contributed by atoms with Gasteiger partial charge in [-0.15, -0.1) is 0 Å². The number of hydrogen-bond donors (Lipinski definition) is 1. The van der Waals surface area contributed by atoms with Crippen molar-refractivity contribution in [1.29, 1.82) is 0 Å². The molecular formula is C16H14ClNO2. The zero-order valence-corrected chi connectivity index (χ0v) is 11.8. The lowest BCUT2D eigenvalue weighted by molar-refractivity contribution is 0.0991. The van der Waals surface area contributed by atoms with Crippen molar-refractivity contribution in [2.75, 3.05) is 12.8 Å². The summed E-state index contributed by atoms with van der Waals surface area (Å²) in [5.74, 6) is 0.718. The van der Waals surface area contributed by atoms with Gasteiger partial charge in [0.05, 0.1) is 12.8 Å². The van der Waals surface area contributed by atoms with Gasteiger partial charge >= 0.3 is 0 Å². The van der Waals surface area contributed by atoms with E-state index in [1.807, 2.05) is 30.3 Å². The summed E-state index contributed by atoms with van der Waals surface area (Å²) in [4.78, 5) is 12.2. The van der Waals surface area contributed by atoms with Crippen LogP contribution in [0.4, 0.5) is 5.69 Å². The molecule has 3 nitrogen and oxygen atoms in total. The Labute approximate surface area is 122 Å². The van der Waals surface area contributed by atoms with Crippen molar-refractivity contribution in [2.24, 2.45) is 0 Å². The number of hydrogen-bond acceptors (Lipinski definition) is 3. The van der Waals surface area contributed by atoms with Gasteiger partial charge in [-0.05, 0) is 35.4 Å². The van der Waals surface area contributed by atoms with Crippen molar-refractivity contribution < 1.29 is 9.53 Å². The predicted molar refractivity (Wildman–Crippen MR) is 79.6 cm³/mol. The number of ketones is 1. The van der Waals surface area contributed by atoms with E-state index >= 15 is 0 Å². The number of fused-ring (bicyclic) bond motifs is 1. The molecule has 1 aliphatic rings. The average molecular weight is 288 g/mol. The second-order valence-corrected chi connectivity index (χ2v) is 5.35. The molecule has 0 aromatic heterocycles. The van der Waals surface area contributed by atoms with E-state index in [1.165, 1.54) is 0 Å². The summed E-state index contributed by atoms with van der Waals surface area (Å²) in [7, 11) is 1.55. The summed E-state index contributed by atoms with van der Waals surface area (Å²) >= 11 is 5.91. The first-order valence-corrected chi connectivity index (χ1v) is 6.74. The number of methoxy groups -OCH3 is 1. The van der Waals surface area contributed by atoms with Gasteiger partial charge in [0.2, 0.25) is 0 Å². The number of carbonyl (C=O) groups is 1. The van der Waals surface area contributed by atoms with Crippen LogP contribution in [-0.4, -0.2) is 12.9 Å². The Bertz CT molecular complexity index is 680. The van der Waals surface area contributed by atoms with E-state index in [1.54, 1.807) is 13.2 Å². The summed E-state index contributed by atoms with van der Waals surface area (Å²) in [6.45, 7) is 0. The van der Waals surface area contributed by atoms with Crippen LogP contribution in [0.3, 0.4) is 0 Å². The molecule has 0 heterocycles. The van der Waals surface area contributed by atoms with Crippen LogP contribution in [0.2, 0.25) is 5.02 Å². The molecule has 20 heavy (non-hydrogen) atoms. The first-order valence-electron chi connectivity index (χ1n) is 6.36. The number of nitrogen functional groups attached to an aromatic ring is 1. The lowest BCUT2D eigenvalue weighted by atomic mass is 9.93. The molecule has 0 saturated carbocycles. The molecule has 1 atom stereocenters. The van der Waals surface area contributed by atoms with Crippen LogP contribution >= 0.6 is 11.6 Å². The maximum absolute atomic E-state index is 12.2. The van der Waals surface area contributed by atoms with Gasteiger partial charge in [-0.2, -0.15) is 0 Å². The number of carbonyl (C=O) groups excluding carboxylic acids is 1. The molecule has 0 amide bonds. The summed E-state index contributed by atoms with van der Waals surface area (Å²) in [5.41, 5.74) is 9.26. The lowest BCUT2D eigenvalue weighted by Crippen LogP contribution is -1.99. The van der Waals surface area contributed by atoms with Gasteiger partial charge in [0.25, 0.3) is 0 Å². The number of halogens is 1. The van der Waals surface area contributed by atoms with E-state index in [4.69, 9.17) is 22.1 Å². The van der Waals surface area contributed by atoms with Crippen LogP contribution in [0.15, 0.2) is 36.4 Å². The van der Waals surface area contributed by atoms with Gasteiger partial charge in [-0.25, -0.2) is 0 Å². The molecule has 0 fully saturated rings. The lowest BCUT2D eigenvalue weighted by Gasteiger charge is -2.13. The van der Waals surface area contributed by atoms with Crippen LogP contribution in [0.25, 0.3) is 0 Å². The highest BCUT2D eigenvalue weighted by atomic mass is 35.5. The number of nitrogens with two attached hydrogens (primary N) is 1. The topological polar surface area (TPSA) is 52.3 Å². The second kappa shape index (κ2) is 4.84. The Morgan fingerprint density at radius 3 is 2.60 bits per heavy atom. The molecule has 0 spiro atoms. The predicted octanol–water partition coefficient (Wildman–Crippen LogP) is 3.65. The standard InChI is InChI=1S/C16H14ClNO2/c1-20-16-8-13-12(6-14(16)18)11(7-15(13)19)9-2-4-10(17)5-3-9/h2-6,8,11H,7,18H2,1H3. The Morgan fingerprint density at radius 1 is 1.25 bits per heavy atom. The average Bonchev–Trinajstić information content (AvgIpc) is 2.75. The summed E-state index contributed by atoms with van der Waals surface area (Å²) in [6.07, 6.45) is 0.462. The van der Waals surface area contributed by atoms with E-state index in [9.17, 15) is 4.79 Å². The molecule has 3 rings (SSSR count). The Kier molecular flexibility index (Phi) is 3.14. The Hall–Kier alpha value is -2.00. The van der Waals surface area contributed by atoms with Crippen molar-refractivity contribution in [3.63, 3.8) is 0 Å². The van der Waals surface area contributed by atoms with Crippen LogP contribution < -0.4 is 10.5 Å². The minimum Gasteiger partial charge on any atom is -0.495 e. The highest BCUT2D eigenvalue weighted by Gasteiger charge is 2.31. The van der Waals surface area contributed by atoms with Gasteiger partial charge < -0.3 is 10.5 Å². The molecule has 2 aromatic rings. The summed E-state index contributed by atoms with van der Waals surface area (Å²) < 4.78 is 5.18. The van der Waals surface area contributed by atoms with E-state index < -0.39 is 0 Å². The molecule has 1 unspecified atom stereocenters. The Morgan fingerprint density at radius 2 is 1.95 bits per heavy atom. The SMILES string of the molecule is COc1cc2c(cc1N)C(c1ccc(Cl)cc1)CC2=O. The first-order chi connectivity index (χ1) is 9.60. The van der Waals surface area contributed by atoms with Crippen LogP contribution in [0, 0.1) is 0 Å². The van der Waals surface area contributed by atoms with E-state index in [0.29, 0.717) is 28.4 Å². The highest BCUT2D eigenvalue weighted by molar-refractivity contribution is 6.30. The smallest absolute Gasteiger partial charge is 0.164 e. The van der Waals surface area contributed by atoms with E-state index in [0.717, 1.165) is 11.1 Å². The maximum Gasteiger partial charge on any atom is 0.164 e. The molecule has 4 heteroatoms.